The summed E-state index contributed by atoms with van der Waals surface area (Å²) >= 11 is 0. The van der Waals surface area contributed by atoms with E-state index in [0.29, 0.717) is 17.0 Å². The Morgan fingerprint density at radius 1 is 1.24 bits per heavy atom. The second-order valence-electron chi connectivity index (χ2n) is 5.52. The van der Waals surface area contributed by atoms with Crippen LogP contribution in [0.2, 0.25) is 0 Å². The Kier molecular flexibility index (Phi) is 3.95. The number of carbonyl (C=O) groups is 1. The summed E-state index contributed by atoms with van der Waals surface area (Å²) < 4.78 is 0. The van der Waals surface area contributed by atoms with Crippen molar-refractivity contribution in [2.45, 2.75) is 13.8 Å². The van der Waals surface area contributed by atoms with Crippen LogP contribution in [-0.2, 0) is 4.79 Å². The minimum absolute atomic E-state index is 0.107. The number of rotatable bonds is 2. The third-order valence-electron chi connectivity index (χ3n) is 3.96. The number of H-pyrrole nitrogens is 1. The molecule has 7 nitrogen and oxygen atoms in total. The molecule has 0 unspecified atom stereocenters. The van der Waals surface area contributed by atoms with Gasteiger partial charge in [0.15, 0.2) is 5.88 Å². The second-order valence-corrected chi connectivity index (χ2v) is 5.52. The van der Waals surface area contributed by atoms with Gasteiger partial charge in [0.1, 0.15) is 11.6 Å². The first kappa shape index (κ1) is 16.2. The van der Waals surface area contributed by atoms with Crippen LogP contribution in [0, 0.1) is 18.3 Å². The SMILES string of the molecule is CC1=NN(c2ccccc2)C(=O)C1=Cc1c(O)[nH]c(=O)c(C#N)c1C. The van der Waals surface area contributed by atoms with Gasteiger partial charge in [-0.3, -0.25) is 14.6 Å². The van der Waals surface area contributed by atoms with E-state index in [1.165, 1.54) is 11.1 Å². The van der Waals surface area contributed by atoms with E-state index < -0.39 is 11.4 Å². The van der Waals surface area contributed by atoms with Crippen molar-refractivity contribution >= 4 is 23.4 Å². The van der Waals surface area contributed by atoms with Crippen LogP contribution in [0.1, 0.15) is 23.6 Å². The summed E-state index contributed by atoms with van der Waals surface area (Å²) in [6.45, 7) is 3.22. The lowest BCUT2D eigenvalue weighted by Gasteiger charge is -2.11. The Labute approximate surface area is 143 Å². The van der Waals surface area contributed by atoms with Crippen LogP contribution >= 0.6 is 0 Å². The molecule has 2 aromatic rings. The number of carbonyl (C=O) groups excluding carboxylic acids is 1. The molecule has 0 bridgehead atoms. The van der Waals surface area contributed by atoms with Gasteiger partial charge in [0.05, 0.1) is 17.0 Å². The highest BCUT2D eigenvalue weighted by Crippen LogP contribution is 2.27. The zero-order valence-corrected chi connectivity index (χ0v) is 13.6. The highest BCUT2D eigenvalue weighted by atomic mass is 16.3. The third kappa shape index (κ3) is 2.70. The maximum atomic E-state index is 12.7. The van der Waals surface area contributed by atoms with E-state index in [-0.39, 0.29) is 22.6 Å². The Morgan fingerprint density at radius 3 is 2.56 bits per heavy atom. The smallest absolute Gasteiger partial charge is 0.280 e. The number of hydrogen-bond acceptors (Lipinski definition) is 5. The van der Waals surface area contributed by atoms with Crippen LogP contribution in [0.5, 0.6) is 5.88 Å². The quantitative estimate of drug-likeness (QED) is 0.819. The van der Waals surface area contributed by atoms with E-state index in [0.717, 1.165) is 0 Å². The van der Waals surface area contributed by atoms with Gasteiger partial charge in [0.2, 0.25) is 0 Å². The summed E-state index contributed by atoms with van der Waals surface area (Å²) in [5.74, 6) is -0.750. The summed E-state index contributed by atoms with van der Waals surface area (Å²) in [6, 6.07) is 10.8. The van der Waals surface area contributed by atoms with E-state index in [1.807, 2.05) is 6.07 Å². The standard InChI is InChI=1S/C18H14N4O3/c1-10-13(16(23)20-17(24)15(10)9-19)8-14-11(2)21-22(18(14)25)12-6-4-3-5-7-12/h3-8H,1-2H3,(H2,20,23,24). The van der Waals surface area contributed by atoms with E-state index >= 15 is 0 Å². The lowest BCUT2D eigenvalue weighted by atomic mass is 10.0. The van der Waals surface area contributed by atoms with Crippen LogP contribution in [-0.4, -0.2) is 21.7 Å². The summed E-state index contributed by atoms with van der Waals surface area (Å²) in [5.41, 5.74) is 1.10. The number of pyridine rings is 1. The number of nitrogens with one attached hydrogen (secondary N) is 1. The molecule has 1 aromatic heterocycles. The van der Waals surface area contributed by atoms with Crippen molar-refractivity contribution in [3.05, 3.63) is 62.9 Å². The molecular formula is C18H14N4O3. The lowest BCUT2D eigenvalue weighted by molar-refractivity contribution is -0.114. The monoisotopic (exact) mass is 334 g/mol. The zero-order chi connectivity index (χ0) is 18.1. The summed E-state index contributed by atoms with van der Waals surface area (Å²) in [4.78, 5) is 26.6. The van der Waals surface area contributed by atoms with Crippen molar-refractivity contribution in [1.29, 1.82) is 5.26 Å². The number of nitrogens with zero attached hydrogens (tertiary/aromatic N) is 3. The van der Waals surface area contributed by atoms with Gasteiger partial charge in [-0.1, -0.05) is 18.2 Å². The number of para-hydroxylation sites is 1. The van der Waals surface area contributed by atoms with Crippen molar-refractivity contribution in [1.82, 2.24) is 4.98 Å². The Hall–Kier alpha value is -3.66. The number of aromatic hydroxyl groups is 1. The van der Waals surface area contributed by atoms with Gasteiger partial charge < -0.3 is 5.11 Å². The van der Waals surface area contributed by atoms with Crippen molar-refractivity contribution in [3.8, 4) is 11.9 Å². The fourth-order valence-electron chi connectivity index (χ4n) is 2.60. The van der Waals surface area contributed by atoms with Gasteiger partial charge in [-0.2, -0.15) is 15.4 Å². The molecule has 7 heteroatoms. The van der Waals surface area contributed by atoms with E-state index in [9.17, 15) is 14.7 Å². The Balaban J connectivity index is 2.10. The number of benzene rings is 1. The number of aromatic amines is 1. The Bertz CT molecular complexity index is 1030. The molecule has 2 N–H and O–H groups in total. The molecule has 1 aliphatic rings. The topological polar surface area (TPSA) is 110 Å². The average molecular weight is 334 g/mol. The van der Waals surface area contributed by atoms with Crippen molar-refractivity contribution < 1.29 is 9.90 Å². The summed E-state index contributed by atoms with van der Waals surface area (Å²) in [6.07, 6.45) is 1.44. The molecule has 1 aliphatic heterocycles. The third-order valence-corrected chi connectivity index (χ3v) is 3.96. The first-order chi connectivity index (χ1) is 11.9. The molecule has 25 heavy (non-hydrogen) atoms. The lowest BCUT2D eigenvalue weighted by Crippen LogP contribution is -2.21. The first-order valence-electron chi connectivity index (χ1n) is 7.46. The summed E-state index contributed by atoms with van der Waals surface area (Å²) in [7, 11) is 0. The van der Waals surface area contributed by atoms with Crippen LogP contribution in [0.25, 0.3) is 6.08 Å². The predicted molar refractivity (Wildman–Crippen MR) is 93.2 cm³/mol. The Morgan fingerprint density at radius 2 is 1.92 bits per heavy atom. The fraction of sp³-hybridized carbons (Fsp3) is 0.111. The maximum absolute atomic E-state index is 12.7. The molecule has 124 valence electrons. The highest BCUT2D eigenvalue weighted by Gasteiger charge is 2.29. The van der Waals surface area contributed by atoms with E-state index in [4.69, 9.17) is 5.26 Å². The second kappa shape index (κ2) is 6.09. The van der Waals surface area contributed by atoms with Crippen molar-refractivity contribution in [2.75, 3.05) is 5.01 Å². The van der Waals surface area contributed by atoms with Gasteiger partial charge in [0, 0.05) is 5.56 Å². The minimum atomic E-state index is -0.673. The molecule has 1 amide bonds. The number of anilines is 1. The van der Waals surface area contributed by atoms with Gasteiger partial charge in [-0.25, -0.2) is 0 Å². The average Bonchev–Trinajstić information content (AvgIpc) is 2.87. The number of amides is 1. The number of nitriles is 1. The van der Waals surface area contributed by atoms with Gasteiger partial charge in [-0.05, 0) is 37.6 Å². The molecule has 0 atom stereocenters. The molecule has 2 heterocycles. The number of aromatic nitrogens is 1. The zero-order valence-electron chi connectivity index (χ0n) is 13.6. The fourth-order valence-corrected chi connectivity index (χ4v) is 2.60. The van der Waals surface area contributed by atoms with Crippen LogP contribution < -0.4 is 10.6 Å². The molecular weight excluding hydrogens is 320 g/mol. The first-order valence-corrected chi connectivity index (χ1v) is 7.46. The van der Waals surface area contributed by atoms with Crippen LogP contribution in [0.4, 0.5) is 5.69 Å². The molecule has 0 aliphatic carbocycles. The maximum Gasteiger partial charge on any atom is 0.280 e. The molecule has 3 rings (SSSR count). The summed E-state index contributed by atoms with van der Waals surface area (Å²) in [5, 5.41) is 24.7. The van der Waals surface area contributed by atoms with Crippen LogP contribution in [0.3, 0.4) is 0 Å². The molecule has 0 fully saturated rings. The minimum Gasteiger partial charge on any atom is -0.494 e. The highest BCUT2D eigenvalue weighted by molar-refractivity contribution is 6.32. The van der Waals surface area contributed by atoms with E-state index in [1.54, 1.807) is 44.2 Å². The number of hydrazone groups is 1. The molecule has 0 radical (unpaired) electrons. The normalized spacial score (nSPS) is 15.4. The molecule has 0 saturated carbocycles. The van der Waals surface area contributed by atoms with Crippen molar-refractivity contribution in [3.63, 3.8) is 0 Å². The molecule has 0 spiro atoms. The van der Waals surface area contributed by atoms with Gasteiger partial charge in [-0.15, -0.1) is 0 Å². The largest absolute Gasteiger partial charge is 0.494 e. The predicted octanol–water partition coefficient (Wildman–Crippen LogP) is 2.07. The molecule has 0 saturated heterocycles. The number of hydrogen-bond donors (Lipinski definition) is 2. The van der Waals surface area contributed by atoms with Crippen LogP contribution in [0.15, 0.2) is 45.8 Å². The molecule has 1 aromatic carbocycles. The van der Waals surface area contributed by atoms with Crippen molar-refractivity contribution in [2.24, 2.45) is 5.10 Å². The van der Waals surface area contributed by atoms with E-state index in [2.05, 4.69) is 10.1 Å². The van der Waals surface area contributed by atoms with Gasteiger partial charge in [0.25, 0.3) is 11.5 Å². The van der Waals surface area contributed by atoms with Gasteiger partial charge >= 0.3 is 0 Å².